The summed E-state index contributed by atoms with van der Waals surface area (Å²) in [6.45, 7) is 0.223. The van der Waals surface area contributed by atoms with Crippen LogP contribution in [0.4, 0.5) is 0 Å². The number of ether oxygens (including phenoxy) is 2. The maximum Gasteiger partial charge on any atom is 0.310 e. The third kappa shape index (κ3) is 1.87. The van der Waals surface area contributed by atoms with Gasteiger partial charge in [-0.3, -0.25) is 4.79 Å². The smallest absolute Gasteiger partial charge is 0.310 e. The molecule has 5 heteroatoms. The largest absolute Gasteiger partial charge is 0.496 e. The van der Waals surface area contributed by atoms with Crippen LogP contribution >= 0.6 is 15.9 Å². The molecule has 1 aliphatic rings. The second kappa shape index (κ2) is 4.33. The minimum Gasteiger partial charge on any atom is -0.496 e. The van der Waals surface area contributed by atoms with Gasteiger partial charge in [0.05, 0.1) is 17.5 Å². The molecule has 1 N–H and O–H groups in total. The van der Waals surface area contributed by atoms with Crippen LogP contribution < -0.4 is 9.47 Å². The quantitative estimate of drug-likeness (QED) is 0.905. The Morgan fingerprint density at radius 3 is 3.00 bits per heavy atom. The number of fused-ring (bicyclic) bond motifs is 1. The average Bonchev–Trinajstić information content (AvgIpc) is 2.29. The van der Waals surface area contributed by atoms with Crippen molar-refractivity contribution in [3.8, 4) is 11.5 Å². The molecule has 1 atom stereocenters. The van der Waals surface area contributed by atoms with Crippen molar-refractivity contribution in [3.63, 3.8) is 0 Å². The molecule has 0 fully saturated rings. The van der Waals surface area contributed by atoms with Gasteiger partial charge >= 0.3 is 5.97 Å². The van der Waals surface area contributed by atoms with Gasteiger partial charge in [-0.2, -0.15) is 0 Å². The standard InChI is InChI=1S/C11H11BrO4/c1-15-9-3-2-8-7(10(9)12)4-6(5-16-8)11(13)14/h2-3,6H,4-5H2,1H3,(H,13,14). The summed E-state index contributed by atoms with van der Waals surface area (Å²) in [7, 11) is 1.57. The fourth-order valence-corrected chi connectivity index (χ4v) is 2.37. The zero-order chi connectivity index (χ0) is 11.7. The lowest BCUT2D eigenvalue weighted by molar-refractivity contribution is -0.143. The highest BCUT2D eigenvalue weighted by Gasteiger charge is 2.28. The Kier molecular flexibility index (Phi) is 3.05. The predicted molar refractivity (Wildman–Crippen MR) is 61.0 cm³/mol. The lowest BCUT2D eigenvalue weighted by atomic mass is 9.97. The summed E-state index contributed by atoms with van der Waals surface area (Å²) in [4.78, 5) is 10.9. The summed E-state index contributed by atoms with van der Waals surface area (Å²) in [5, 5.41) is 8.95. The maximum atomic E-state index is 10.9. The second-order valence-electron chi connectivity index (χ2n) is 3.61. The minimum atomic E-state index is -0.833. The van der Waals surface area contributed by atoms with Gasteiger partial charge in [-0.15, -0.1) is 0 Å². The van der Waals surface area contributed by atoms with E-state index in [4.69, 9.17) is 14.6 Å². The van der Waals surface area contributed by atoms with Crippen LogP contribution in [-0.4, -0.2) is 24.8 Å². The highest BCUT2D eigenvalue weighted by molar-refractivity contribution is 9.10. The first-order chi connectivity index (χ1) is 7.63. The van der Waals surface area contributed by atoms with Gasteiger partial charge in [0.2, 0.25) is 0 Å². The molecular weight excluding hydrogens is 276 g/mol. The number of halogens is 1. The maximum absolute atomic E-state index is 10.9. The normalized spacial score (nSPS) is 18.5. The van der Waals surface area contributed by atoms with E-state index in [1.165, 1.54) is 0 Å². The molecule has 86 valence electrons. The fraction of sp³-hybridized carbons (Fsp3) is 0.364. The molecule has 1 heterocycles. The number of benzene rings is 1. The average molecular weight is 287 g/mol. The Labute approximate surface area is 101 Å². The molecule has 0 aromatic heterocycles. The monoisotopic (exact) mass is 286 g/mol. The SMILES string of the molecule is COc1ccc2c(c1Br)CC(C(=O)O)CO2. The zero-order valence-corrected chi connectivity index (χ0v) is 10.3. The van der Waals surface area contributed by atoms with Gasteiger partial charge in [0.15, 0.2) is 0 Å². The molecule has 1 unspecified atom stereocenters. The minimum absolute atomic E-state index is 0.223. The highest BCUT2D eigenvalue weighted by atomic mass is 79.9. The summed E-state index contributed by atoms with van der Waals surface area (Å²) in [6.07, 6.45) is 0.461. The molecule has 0 radical (unpaired) electrons. The van der Waals surface area contributed by atoms with E-state index in [9.17, 15) is 4.79 Å². The predicted octanol–water partition coefficient (Wildman–Crippen LogP) is 2.09. The summed E-state index contributed by atoms with van der Waals surface area (Å²) < 4.78 is 11.3. The van der Waals surface area contributed by atoms with Crippen LogP contribution in [-0.2, 0) is 11.2 Å². The summed E-state index contributed by atoms with van der Waals surface area (Å²) in [5.74, 6) is 0.0924. The molecule has 4 nitrogen and oxygen atoms in total. The van der Waals surface area contributed by atoms with Crippen LogP contribution in [0.1, 0.15) is 5.56 Å². The van der Waals surface area contributed by atoms with Crippen LogP contribution in [0.2, 0.25) is 0 Å². The fourth-order valence-electron chi connectivity index (χ4n) is 1.72. The van der Waals surface area contributed by atoms with Crippen LogP contribution in [0, 0.1) is 5.92 Å². The molecule has 16 heavy (non-hydrogen) atoms. The van der Waals surface area contributed by atoms with Gasteiger partial charge in [-0.1, -0.05) is 0 Å². The lowest BCUT2D eigenvalue weighted by Gasteiger charge is -2.24. The van der Waals surface area contributed by atoms with Crippen molar-refractivity contribution < 1.29 is 19.4 Å². The van der Waals surface area contributed by atoms with Gasteiger partial charge in [0, 0.05) is 5.56 Å². The number of hydrogen-bond donors (Lipinski definition) is 1. The van der Waals surface area contributed by atoms with E-state index >= 15 is 0 Å². The number of hydrogen-bond acceptors (Lipinski definition) is 3. The van der Waals surface area contributed by atoms with Crippen molar-refractivity contribution in [2.75, 3.05) is 13.7 Å². The van der Waals surface area contributed by atoms with Gasteiger partial charge in [-0.05, 0) is 34.5 Å². The number of rotatable bonds is 2. The molecule has 0 amide bonds. The lowest BCUT2D eigenvalue weighted by Crippen LogP contribution is -2.28. The van der Waals surface area contributed by atoms with E-state index in [2.05, 4.69) is 15.9 Å². The van der Waals surface area contributed by atoms with E-state index in [1.807, 2.05) is 0 Å². The number of carboxylic acids is 1. The molecule has 0 aliphatic carbocycles. The van der Waals surface area contributed by atoms with Gasteiger partial charge in [0.1, 0.15) is 18.1 Å². The number of methoxy groups -OCH3 is 1. The second-order valence-corrected chi connectivity index (χ2v) is 4.40. The van der Waals surface area contributed by atoms with Crippen molar-refractivity contribution >= 4 is 21.9 Å². The third-order valence-electron chi connectivity index (χ3n) is 2.62. The number of carbonyl (C=O) groups is 1. The van der Waals surface area contributed by atoms with E-state index in [1.54, 1.807) is 19.2 Å². The molecule has 1 aliphatic heterocycles. The van der Waals surface area contributed by atoms with Crippen molar-refractivity contribution in [1.82, 2.24) is 0 Å². The molecule has 1 aromatic carbocycles. The molecule has 0 saturated carbocycles. The van der Waals surface area contributed by atoms with Gasteiger partial charge in [0.25, 0.3) is 0 Å². The number of carboxylic acid groups (broad SMARTS) is 1. The van der Waals surface area contributed by atoms with Crippen LogP contribution in [0.3, 0.4) is 0 Å². The van der Waals surface area contributed by atoms with Crippen molar-refractivity contribution in [1.29, 1.82) is 0 Å². The molecule has 0 saturated heterocycles. The first-order valence-corrected chi connectivity index (χ1v) is 5.63. The third-order valence-corrected chi connectivity index (χ3v) is 3.49. The first kappa shape index (κ1) is 11.3. The Morgan fingerprint density at radius 1 is 1.62 bits per heavy atom. The Hall–Kier alpha value is -1.23. The number of aliphatic carboxylic acids is 1. The molecule has 0 bridgehead atoms. The van der Waals surface area contributed by atoms with Crippen molar-refractivity contribution in [2.45, 2.75) is 6.42 Å². The molecule has 2 rings (SSSR count). The van der Waals surface area contributed by atoms with Gasteiger partial charge in [-0.25, -0.2) is 0 Å². The van der Waals surface area contributed by atoms with Crippen LogP contribution in [0.15, 0.2) is 16.6 Å². The van der Waals surface area contributed by atoms with Crippen molar-refractivity contribution in [2.24, 2.45) is 5.92 Å². The van der Waals surface area contributed by atoms with E-state index in [-0.39, 0.29) is 6.61 Å². The van der Waals surface area contributed by atoms with E-state index < -0.39 is 11.9 Å². The molecule has 0 spiro atoms. The van der Waals surface area contributed by atoms with Crippen molar-refractivity contribution in [3.05, 3.63) is 22.2 Å². The highest BCUT2D eigenvalue weighted by Crippen LogP contribution is 2.38. The van der Waals surface area contributed by atoms with Gasteiger partial charge < -0.3 is 14.6 Å². The van der Waals surface area contributed by atoms with E-state index in [0.29, 0.717) is 12.2 Å². The van der Waals surface area contributed by atoms with Crippen LogP contribution in [0.5, 0.6) is 11.5 Å². The topological polar surface area (TPSA) is 55.8 Å². The Morgan fingerprint density at radius 2 is 2.38 bits per heavy atom. The van der Waals surface area contributed by atoms with E-state index in [0.717, 1.165) is 15.8 Å². The Balaban J connectivity index is 2.38. The Bertz CT molecular complexity index is 430. The summed E-state index contributed by atoms with van der Waals surface area (Å²) in [5.41, 5.74) is 0.859. The zero-order valence-electron chi connectivity index (χ0n) is 8.70. The molecular formula is C11H11BrO4. The van der Waals surface area contributed by atoms with Crippen LogP contribution in [0.25, 0.3) is 0 Å². The summed E-state index contributed by atoms with van der Waals surface area (Å²) in [6, 6.07) is 3.60. The molecule has 1 aromatic rings. The summed E-state index contributed by atoms with van der Waals surface area (Å²) >= 11 is 3.41. The first-order valence-electron chi connectivity index (χ1n) is 4.84.